The van der Waals surface area contributed by atoms with Gasteiger partial charge in [-0.1, -0.05) is 19.8 Å². The second-order valence-electron chi connectivity index (χ2n) is 3.83. The molecule has 0 aliphatic carbocycles. The van der Waals surface area contributed by atoms with E-state index in [0.29, 0.717) is 13.2 Å². The van der Waals surface area contributed by atoms with Gasteiger partial charge in [-0.3, -0.25) is 4.79 Å². The van der Waals surface area contributed by atoms with Crippen LogP contribution in [0.5, 0.6) is 0 Å². The first-order valence-electron chi connectivity index (χ1n) is 5.62. The first kappa shape index (κ1) is 12.4. The first-order chi connectivity index (χ1) is 7.24. The second kappa shape index (κ2) is 6.76. The van der Waals surface area contributed by atoms with E-state index in [0.717, 1.165) is 32.4 Å². The topological polar surface area (TPSA) is 67.6 Å². The van der Waals surface area contributed by atoms with E-state index < -0.39 is 0 Å². The van der Waals surface area contributed by atoms with E-state index in [9.17, 15) is 4.79 Å². The molecule has 0 aromatic carbocycles. The Morgan fingerprint density at radius 1 is 1.53 bits per heavy atom. The zero-order chi connectivity index (χ0) is 11.1. The molecule has 1 aliphatic heterocycles. The molecule has 0 spiro atoms. The molecule has 0 bridgehead atoms. The highest BCUT2D eigenvalue weighted by Crippen LogP contribution is 2.02. The van der Waals surface area contributed by atoms with Crippen LogP contribution in [0.1, 0.15) is 26.2 Å². The molecule has 0 aromatic heterocycles. The molecule has 0 radical (unpaired) electrons. The van der Waals surface area contributed by atoms with E-state index in [1.54, 1.807) is 0 Å². The number of rotatable bonds is 6. The van der Waals surface area contributed by atoms with Crippen molar-refractivity contribution in [3.05, 3.63) is 0 Å². The highest BCUT2D eigenvalue weighted by Gasteiger charge is 2.19. The summed E-state index contributed by atoms with van der Waals surface area (Å²) in [6, 6.07) is -0.233. The van der Waals surface area contributed by atoms with Crippen LogP contribution in [0.15, 0.2) is 0 Å². The number of primary amides is 1. The number of nitrogens with one attached hydrogen (secondary N) is 1. The quantitative estimate of drug-likeness (QED) is 0.647. The number of morpholine rings is 1. The van der Waals surface area contributed by atoms with Crippen molar-refractivity contribution in [1.29, 1.82) is 0 Å². The van der Waals surface area contributed by atoms with Crippen molar-refractivity contribution in [3.8, 4) is 0 Å². The van der Waals surface area contributed by atoms with Gasteiger partial charge in [0.2, 0.25) is 5.91 Å². The predicted octanol–water partition coefficient (Wildman–Crippen LogP) is -0.133. The van der Waals surface area contributed by atoms with E-state index in [4.69, 9.17) is 10.5 Å². The number of hydrazine groups is 1. The lowest BCUT2D eigenvalue weighted by Crippen LogP contribution is -2.54. The molecule has 1 fully saturated rings. The molecule has 1 saturated heterocycles. The largest absolute Gasteiger partial charge is 0.379 e. The van der Waals surface area contributed by atoms with Crippen LogP contribution in [0.2, 0.25) is 0 Å². The van der Waals surface area contributed by atoms with Crippen molar-refractivity contribution < 1.29 is 9.53 Å². The van der Waals surface area contributed by atoms with Crippen molar-refractivity contribution in [1.82, 2.24) is 10.4 Å². The van der Waals surface area contributed by atoms with Gasteiger partial charge in [-0.15, -0.1) is 0 Å². The lowest BCUT2D eigenvalue weighted by molar-refractivity contribution is -0.122. The Bertz CT molecular complexity index is 193. The molecule has 0 saturated carbocycles. The van der Waals surface area contributed by atoms with Gasteiger partial charge < -0.3 is 10.5 Å². The number of carbonyl (C=O) groups is 1. The van der Waals surface area contributed by atoms with E-state index in [1.165, 1.54) is 0 Å². The Morgan fingerprint density at radius 3 is 2.73 bits per heavy atom. The molecule has 0 aromatic rings. The summed E-state index contributed by atoms with van der Waals surface area (Å²) in [7, 11) is 0. The monoisotopic (exact) mass is 215 g/mol. The van der Waals surface area contributed by atoms with Gasteiger partial charge in [-0.2, -0.15) is 0 Å². The number of hydrogen-bond donors (Lipinski definition) is 2. The van der Waals surface area contributed by atoms with Crippen LogP contribution in [-0.4, -0.2) is 43.3 Å². The number of hydrogen-bond acceptors (Lipinski definition) is 4. The first-order valence-corrected chi connectivity index (χ1v) is 5.62. The third-order valence-electron chi connectivity index (χ3n) is 2.54. The highest BCUT2D eigenvalue weighted by molar-refractivity contribution is 5.79. The summed E-state index contributed by atoms with van der Waals surface area (Å²) in [4.78, 5) is 11.2. The molecule has 1 rings (SSSR count). The van der Waals surface area contributed by atoms with Gasteiger partial charge in [0.1, 0.15) is 0 Å². The molecule has 3 N–H and O–H groups in total. The van der Waals surface area contributed by atoms with Crippen LogP contribution >= 0.6 is 0 Å². The van der Waals surface area contributed by atoms with Crippen LogP contribution in [-0.2, 0) is 9.53 Å². The minimum absolute atomic E-state index is 0.233. The number of carbonyl (C=O) groups excluding carboxylic acids is 1. The molecule has 1 amide bonds. The van der Waals surface area contributed by atoms with E-state index in [1.807, 2.05) is 5.01 Å². The second-order valence-corrected chi connectivity index (χ2v) is 3.83. The number of unbranched alkanes of at least 4 members (excludes halogenated alkanes) is 1. The average Bonchev–Trinajstić information content (AvgIpc) is 2.25. The fourth-order valence-electron chi connectivity index (χ4n) is 1.59. The summed E-state index contributed by atoms with van der Waals surface area (Å²) in [6.07, 6.45) is 2.91. The number of nitrogens with two attached hydrogens (primary N) is 1. The maximum atomic E-state index is 11.2. The van der Waals surface area contributed by atoms with Crippen molar-refractivity contribution in [2.24, 2.45) is 5.73 Å². The third kappa shape index (κ3) is 4.59. The normalized spacial score (nSPS) is 20.1. The molecule has 1 aliphatic rings. The van der Waals surface area contributed by atoms with Crippen LogP contribution in [0, 0.1) is 0 Å². The summed E-state index contributed by atoms with van der Waals surface area (Å²) in [5.74, 6) is -0.269. The lowest BCUT2D eigenvalue weighted by Gasteiger charge is -2.30. The molecule has 88 valence electrons. The summed E-state index contributed by atoms with van der Waals surface area (Å²) in [5, 5.41) is 2.02. The zero-order valence-electron chi connectivity index (χ0n) is 9.37. The zero-order valence-corrected chi connectivity index (χ0v) is 9.37. The van der Waals surface area contributed by atoms with Gasteiger partial charge in [0.15, 0.2) is 0 Å². The summed E-state index contributed by atoms with van der Waals surface area (Å²) < 4.78 is 5.23. The Hall–Kier alpha value is -0.650. The SMILES string of the molecule is CCCC[C@@H](NN1CCOCC1)C(N)=O. The third-order valence-corrected chi connectivity index (χ3v) is 2.54. The van der Waals surface area contributed by atoms with E-state index >= 15 is 0 Å². The number of amides is 1. The van der Waals surface area contributed by atoms with E-state index in [-0.39, 0.29) is 11.9 Å². The van der Waals surface area contributed by atoms with Crippen LogP contribution in [0.3, 0.4) is 0 Å². The molecular formula is C10H21N3O2. The number of ether oxygens (including phenoxy) is 1. The molecule has 1 atom stereocenters. The Balaban J connectivity index is 2.31. The molecule has 5 nitrogen and oxygen atoms in total. The van der Waals surface area contributed by atoms with Gasteiger partial charge in [0, 0.05) is 13.1 Å². The van der Waals surface area contributed by atoms with Crippen LogP contribution in [0.4, 0.5) is 0 Å². The van der Waals surface area contributed by atoms with Crippen molar-refractivity contribution >= 4 is 5.91 Å². The summed E-state index contributed by atoms with van der Waals surface area (Å²) in [5.41, 5.74) is 8.50. The van der Waals surface area contributed by atoms with Crippen molar-refractivity contribution in [3.63, 3.8) is 0 Å². The fourth-order valence-corrected chi connectivity index (χ4v) is 1.59. The Labute approximate surface area is 90.9 Å². The van der Waals surface area contributed by atoms with E-state index in [2.05, 4.69) is 12.3 Å². The Kier molecular flexibility index (Phi) is 5.60. The minimum Gasteiger partial charge on any atom is -0.379 e. The Morgan fingerprint density at radius 2 is 2.20 bits per heavy atom. The summed E-state index contributed by atoms with van der Waals surface area (Å²) >= 11 is 0. The molecule has 1 heterocycles. The lowest BCUT2D eigenvalue weighted by atomic mass is 10.1. The van der Waals surface area contributed by atoms with Crippen LogP contribution < -0.4 is 11.2 Å². The molecule has 0 unspecified atom stereocenters. The van der Waals surface area contributed by atoms with Gasteiger partial charge in [0.05, 0.1) is 19.3 Å². The smallest absolute Gasteiger partial charge is 0.235 e. The van der Waals surface area contributed by atoms with Gasteiger partial charge >= 0.3 is 0 Å². The van der Waals surface area contributed by atoms with Gasteiger partial charge in [-0.05, 0) is 6.42 Å². The maximum absolute atomic E-state index is 11.2. The van der Waals surface area contributed by atoms with Crippen LogP contribution in [0.25, 0.3) is 0 Å². The van der Waals surface area contributed by atoms with Gasteiger partial charge in [-0.25, -0.2) is 10.4 Å². The van der Waals surface area contributed by atoms with Crippen molar-refractivity contribution in [2.75, 3.05) is 26.3 Å². The highest BCUT2D eigenvalue weighted by atomic mass is 16.5. The molecular weight excluding hydrogens is 194 g/mol. The standard InChI is InChI=1S/C10H21N3O2/c1-2-3-4-9(10(11)14)12-13-5-7-15-8-6-13/h9,12H,2-8H2,1H3,(H2,11,14)/t9-/m1/s1. The van der Waals surface area contributed by atoms with Gasteiger partial charge in [0.25, 0.3) is 0 Å². The van der Waals surface area contributed by atoms with Crippen molar-refractivity contribution in [2.45, 2.75) is 32.2 Å². The maximum Gasteiger partial charge on any atom is 0.235 e. The number of nitrogens with zero attached hydrogens (tertiary/aromatic N) is 1. The molecule has 15 heavy (non-hydrogen) atoms. The average molecular weight is 215 g/mol. The molecule has 5 heteroatoms. The predicted molar refractivity (Wildman–Crippen MR) is 58.0 cm³/mol. The minimum atomic E-state index is -0.269. The summed E-state index contributed by atoms with van der Waals surface area (Å²) in [6.45, 7) is 5.16. The fraction of sp³-hybridized carbons (Fsp3) is 0.900.